The van der Waals surface area contributed by atoms with E-state index in [1.54, 1.807) is 7.11 Å². The molecule has 0 spiro atoms. The Morgan fingerprint density at radius 1 is 1.11 bits per heavy atom. The SMILES string of the molecule is COc1ccc(CNC(=O)Cc2csc(SCC(=O)c3ccccc3)n2)cc1. The highest BCUT2D eigenvalue weighted by Crippen LogP contribution is 2.24. The second-order valence-corrected chi connectivity index (χ2v) is 8.06. The fraction of sp³-hybridized carbons (Fsp3) is 0.190. The van der Waals surface area contributed by atoms with Crippen molar-refractivity contribution in [1.29, 1.82) is 0 Å². The Hall–Kier alpha value is -2.64. The first kappa shape index (κ1) is 20.1. The largest absolute Gasteiger partial charge is 0.497 e. The van der Waals surface area contributed by atoms with Crippen molar-refractivity contribution in [2.45, 2.75) is 17.3 Å². The van der Waals surface area contributed by atoms with Crippen LogP contribution < -0.4 is 10.1 Å². The van der Waals surface area contributed by atoms with Crippen LogP contribution in [0.2, 0.25) is 0 Å². The van der Waals surface area contributed by atoms with Gasteiger partial charge in [0.2, 0.25) is 5.91 Å². The third-order valence-electron chi connectivity index (χ3n) is 3.94. The smallest absolute Gasteiger partial charge is 0.226 e. The molecule has 1 aromatic heterocycles. The number of carbonyl (C=O) groups excluding carboxylic acids is 2. The third-order valence-corrected chi connectivity index (χ3v) is 6.01. The van der Waals surface area contributed by atoms with E-state index in [1.165, 1.54) is 23.1 Å². The molecule has 1 heterocycles. The van der Waals surface area contributed by atoms with Gasteiger partial charge in [0.1, 0.15) is 5.75 Å². The summed E-state index contributed by atoms with van der Waals surface area (Å²) in [5.74, 6) is 1.10. The number of Topliss-reactive ketones (excluding diaryl/α,β-unsaturated/α-hetero) is 1. The number of thioether (sulfide) groups is 1. The summed E-state index contributed by atoms with van der Waals surface area (Å²) in [4.78, 5) is 28.7. The molecule has 0 aliphatic carbocycles. The molecular formula is C21H20N2O3S2. The molecule has 0 fully saturated rings. The van der Waals surface area contributed by atoms with Crippen LogP contribution in [0.1, 0.15) is 21.6 Å². The number of aromatic nitrogens is 1. The van der Waals surface area contributed by atoms with Crippen LogP contribution in [0.5, 0.6) is 5.75 Å². The number of benzene rings is 2. The molecule has 7 heteroatoms. The predicted octanol–water partition coefficient (Wildman–Crippen LogP) is 3.99. The summed E-state index contributed by atoms with van der Waals surface area (Å²) >= 11 is 2.85. The molecule has 0 unspecified atom stereocenters. The molecule has 0 aliphatic heterocycles. The van der Waals surface area contributed by atoms with Crippen LogP contribution in [0.25, 0.3) is 0 Å². The Morgan fingerprint density at radius 2 is 1.86 bits per heavy atom. The molecule has 28 heavy (non-hydrogen) atoms. The number of carbonyl (C=O) groups is 2. The molecule has 2 aromatic carbocycles. The van der Waals surface area contributed by atoms with E-state index in [1.807, 2.05) is 60.0 Å². The minimum Gasteiger partial charge on any atom is -0.497 e. The van der Waals surface area contributed by atoms with Crippen LogP contribution in [0, 0.1) is 0 Å². The van der Waals surface area contributed by atoms with Gasteiger partial charge in [-0.25, -0.2) is 4.98 Å². The lowest BCUT2D eigenvalue weighted by Crippen LogP contribution is -2.24. The molecule has 1 amide bonds. The Kier molecular flexibility index (Phi) is 7.22. The Morgan fingerprint density at radius 3 is 2.57 bits per heavy atom. The second kappa shape index (κ2) is 10.1. The van der Waals surface area contributed by atoms with Crippen molar-refractivity contribution < 1.29 is 14.3 Å². The van der Waals surface area contributed by atoms with Gasteiger partial charge in [0.15, 0.2) is 10.1 Å². The van der Waals surface area contributed by atoms with E-state index in [9.17, 15) is 9.59 Å². The number of nitrogens with one attached hydrogen (secondary N) is 1. The monoisotopic (exact) mass is 412 g/mol. The van der Waals surface area contributed by atoms with Gasteiger partial charge < -0.3 is 10.1 Å². The van der Waals surface area contributed by atoms with Gasteiger partial charge in [0.25, 0.3) is 0 Å². The van der Waals surface area contributed by atoms with Crippen LogP contribution in [-0.2, 0) is 17.8 Å². The highest BCUT2D eigenvalue weighted by Gasteiger charge is 2.11. The minimum atomic E-state index is -0.0852. The van der Waals surface area contributed by atoms with Crippen molar-refractivity contribution >= 4 is 34.8 Å². The summed E-state index contributed by atoms with van der Waals surface area (Å²) in [6.45, 7) is 0.458. The highest BCUT2D eigenvalue weighted by molar-refractivity contribution is 8.01. The lowest BCUT2D eigenvalue weighted by Gasteiger charge is -2.05. The number of methoxy groups -OCH3 is 1. The van der Waals surface area contributed by atoms with Gasteiger partial charge in [-0.2, -0.15) is 0 Å². The van der Waals surface area contributed by atoms with Crippen LogP contribution in [-0.4, -0.2) is 29.5 Å². The normalized spacial score (nSPS) is 10.5. The molecule has 0 saturated carbocycles. The number of thiazole rings is 1. The summed E-state index contributed by atoms with van der Waals surface area (Å²) in [6.07, 6.45) is 0.222. The molecule has 1 N–H and O–H groups in total. The molecule has 3 rings (SSSR count). The van der Waals surface area contributed by atoms with Gasteiger partial charge >= 0.3 is 0 Å². The first-order valence-electron chi connectivity index (χ1n) is 8.69. The van der Waals surface area contributed by atoms with Gasteiger partial charge in [0, 0.05) is 17.5 Å². The summed E-state index contributed by atoms with van der Waals surface area (Å²) in [5.41, 5.74) is 2.42. The van der Waals surface area contributed by atoms with E-state index in [-0.39, 0.29) is 18.1 Å². The van der Waals surface area contributed by atoms with Crippen molar-refractivity contribution in [2.24, 2.45) is 0 Å². The zero-order valence-electron chi connectivity index (χ0n) is 15.4. The predicted molar refractivity (Wildman–Crippen MR) is 112 cm³/mol. The maximum absolute atomic E-state index is 12.1. The van der Waals surface area contributed by atoms with E-state index in [2.05, 4.69) is 10.3 Å². The van der Waals surface area contributed by atoms with Crippen molar-refractivity contribution in [3.8, 4) is 5.75 Å². The Balaban J connectivity index is 1.44. The standard InChI is InChI=1S/C21H20N2O3S2/c1-26-18-9-7-15(8-10-18)12-22-20(25)11-17-13-27-21(23-17)28-14-19(24)16-5-3-2-4-6-16/h2-10,13H,11-12,14H2,1H3,(H,22,25). The zero-order valence-corrected chi connectivity index (χ0v) is 17.0. The number of hydrogen-bond donors (Lipinski definition) is 1. The lowest BCUT2D eigenvalue weighted by molar-refractivity contribution is -0.120. The maximum Gasteiger partial charge on any atom is 0.226 e. The quantitative estimate of drug-likeness (QED) is 0.425. The molecule has 0 aliphatic rings. The van der Waals surface area contributed by atoms with Crippen LogP contribution in [0.3, 0.4) is 0 Å². The number of amides is 1. The van der Waals surface area contributed by atoms with Gasteiger partial charge in [-0.15, -0.1) is 11.3 Å². The van der Waals surface area contributed by atoms with Crippen LogP contribution in [0.4, 0.5) is 0 Å². The number of nitrogens with zero attached hydrogens (tertiary/aromatic N) is 1. The molecule has 144 valence electrons. The molecular weight excluding hydrogens is 392 g/mol. The molecule has 0 radical (unpaired) electrons. The summed E-state index contributed by atoms with van der Waals surface area (Å²) in [6, 6.07) is 16.8. The van der Waals surface area contributed by atoms with E-state index in [0.29, 0.717) is 23.6 Å². The molecule has 5 nitrogen and oxygen atoms in total. The third kappa shape index (κ3) is 5.94. The van der Waals surface area contributed by atoms with E-state index in [4.69, 9.17) is 4.74 Å². The first-order valence-corrected chi connectivity index (χ1v) is 10.6. The van der Waals surface area contributed by atoms with E-state index >= 15 is 0 Å². The number of rotatable bonds is 9. The summed E-state index contributed by atoms with van der Waals surface area (Å²) < 4.78 is 5.91. The van der Waals surface area contributed by atoms with Crippen molar-refractivity contribution in [1.82, 2.24) is 10.3 Å². The topological polar surface area (TPSA) is 68.3 Å². The summed E-state index contributed by atoms with van der Waals surface area (Å²) in [5, 5.41) is 4.75. The molecule has 0 saturated heterocycles. The number of hydrogen-bond acceptors (Lipinski definition) is 6. The fourth-order valence-corrected chi connectivity index (χ4v) is 4.18. The number of ether oxygens (including phenoxy) is 1. The van der Waals surface area contributed by atoms with Crippen molar-refractivity contribution in [3.05, 3.63) is 76.8 Å². The average Bonchev–Trinajstić information content (AvgIpc) is 3.18. The zero-order chi connectivity index (χ0) is 19.8. The molecule has 0 atom stereocenters. The van der Waals surface area contributed by atoms with Crippen LogP contribution in [0.15, 0.2) is 64.3 Å². The van der Waals surface area contributed by atoms with Crippen molar-refractivity contribution in [3.63, 3.8) is 0 Å². The van der Waals surface area contributed by atoms with Gasteiger partial charge in [-0.05, 0) is 17.7 Å². The van der Waals surface area contributed by atoms with Gasteiger partial charge in [-0.1, -0.05) is 54.2 Å². The lowest BCUT2D eigenvalue weighted by atomic mass is 10.2. The maximum atomic E-state index is 12.1. The van der Waals surface area contributed by atoms with E-state index < -0.39 is 0 Å². The Labute approximate surface area is 172 Å². The molecule has 0 bridgehead atoms. The fourth-order valence-electron chi connectivity index (χ4n) is 2.44. The average molecular weight is 413 g/mol. The van der Waals surface area contributed by atoms with Gasteiger partial charge in [0.05, 0.1) is 25.0 Å². The van der Waals surface area contributed by atoms with Crippen LogP contribution >= 0.6 is 23.1 Å². The molecule has 3 aromatic rings. The second-order valence-electron chi connectivity index (χ2n) is 5.98. The van der Waals surface area contributed by atoms with E-state index in [0.717, 1.165) is 15.7 Å². The minimum absolute atomic E-state index is 0.0691. The Bertz CT molecular complexity index is 924. The first-order chi connectivity index (χ1) is 13.6. The number of ketones is 1. The van der Waals surface area contributed by atoms with Gasteiger partial charge in [-0.3, -0.25) is 9.59 Å². The highest BCUT2D eigenvalue weighted by atomic mass is 32.2. The summed E-state index contributed by atoms with van der Waals surface area (Å²) in [7, 11) is 1.62. The van der Waals surface area contributed by atoms with Crippen molar-refractivity contribution in [2.75, 3.05) is 12.9 Å².